The van der Waals surface area contributed by atoms with E-state index in [0.717, 1.165) is 6.08 Å². The number of carbonyl (C=O) groups is 4. The van der Waals surface area contributed by atoms with E-state index < -0.39 is 29.6 Å². The van der Waals surface area contributed by atoms with Gasteiger partial charge in [0.2, 0.25) is 17.7 Å². The van der Waals surface area contributed by atoms with Crippen molar-refractivity contribution in [2.45, 2.75) is 12.5 Å². The summed E-state index contributed by atoms with van der Waals surface area (Å²) >= 11 is 5.96. The Kier molecular flexibility index (Phi) is 8.96. The Bertz CT molecular complexity index is 1750. The molecule has 44 heavy (non-hydrogen) atoms. The number of likely N-dealkylation sites (N-methyl/N-ethyl adjacent to an activating group) is 1. The lowest BCUT2D eigenvalue weighted by atomic mass is 10.1. The van der Waals surface area contributed by atoms with Gasteiger partial charge in [-0.15, -0.1) is 5.10 Å². The van der Waals surface area contributed by atoms with Crippen molar-refractivity contribution in [3.05, 3.63) is 70.9 Å². The van der Waals surface area contributed by atoms with Gasteiger partial charge in [0.05, 0.1) is 17.1 Å². The molecule has 1 saturated heterocycles. The highest BCUT2D eigenvalue weighted by molar-refractivity contribution is 6.31. The molecule has 0 bridgehead atoms. The summed E-state index contributed by atoms with van der Waals surface area (Å²) in [6, 6.07) is 7.66. The predicted octanol–water partition coefficient (Wildman–Crippen LogP) is 1.94. The number of anilines is 1. The van der Waals surface area contributed by atoms with Gasteiger partial charge < -0.3 is 30.5 Å². The van der Waals surface area contributed by atoms with Crippen LogP contribution in [0.15, 0.2) is 48.8 Å². The third-order valence-corrected chi connectivity index (χ3v) is 7.39. The second-order valence-corrected chi connectivity index (χ2v) is 10.5. The molecule has 1 aliphatic heterocycles. The number of halogens is 2. The van der Waals surface area contributed by atoms with Gasteiger partial charge in [-0.05, 0) is 59.9 Å². The number of nitrogens with one attached hydrogen (secondary N) is 3. The Morgan fingerprint density at radius 1 is 1.14 bits per heavy atom. The highest BCUT2D eigenvalue weighted by Gasteiger charge is 2.28. The van der Waals surface area contributed by atoms with Gasteiger partial charge in [0.15, 0.2) is 5.82 Å². The Labute approximate surface area is 254 Å². The van der Waals surface area contributed by atoms with E-state index in [4.69, 9.17) is 11.6 Å². The Hall–Kier alpha value is -5.15. The molecule has 0 aliphatic carbocycles. The maximum atomic E-state index is 15.0. The maximum Gasteiger partial charge on any atom is 0.352 e. The molecule has 3 amide bonds. The van der Waals surface area contributed by atoms with Crippen molar-refractivity contribution in [2.75, 3.05) is 38.5 Å². The minimum atomic E-state index is -1.29. The first-order valence-corrected chi connectivity index (χ1v) is 13.8. The van der Waals surface area contributed by atoms with Gasteiger partial charge in [0.25, 0.3) is 0 Å². The number of carboxylic acids is 1. The first-order chi connectivity index (χ1) is 21.1. The molecule has 4 N–H and O–H groups in total. The van der Waals surface area contributed by atoms with Crippen molar-refractivity contribution in [1.82, 2.24) is 40.3 Å². The number of carboxylic acid groups (broad SMARTS) is 1. The summed E-state index contributed by atoms with van der Waals surface area (Å²) in [7, 11) is 1.94. The summed E-state index contributed by atoms with van der Waals surface area (Å²) < 4.78 is 16.1. The Balaban J connectivity index is 1.36. The molecule has 0 saturated carbocycles. The lowest BCUT2D eigenvalue weighted by molar-refractivity contribution is -0.135. The van der Waals surface area contributed by atoms with E-state index in [1.54, 1.807) is 23.1 Å². The predicted molar refractivity (Wildman–Crippen MR) is 158 cm³/mol. The number of hydrogen-bond acceptors (Lipinski definition) is 8. The molecule has 0 radical (unpaired) electrons. The van der Waals surface area contributed by atoms with E-state index in [1.165, 1.54) is 35.3 Å². The lowest BCUT2D eigenvalue weighted by Gasteiger charge is -2.33. The van der Waals surface area contributed by atoms with E-state index in [-0.39, 0.29) is 34.3 Å². The van der Waals surface area contributed by atoms with Crippen LogP contribution in [0.4, 0.5) is 10.1 Å². The smallest absolute Gasteiger partial charge is 0.352 e. The minimum Gasteiger partial charge on any atom is -0.477 e. The van der Waals surface area contributed by atoms with Crippen LogP contribution in [0.2, 0.25) is 5.02 Å². The summed E-state index contributed by atoms with van der Waals surface area (Å²) in [5.41, 5.74) is 1.00. The molecule has 16 heteroatoms. The molecule has 4 aromatic rings. The number of carbonyl (C=O) groups excluding carboxylic acids is 3. The van der Waals surface area contributed by atoms with E-state index in [2.05, 4.69) is 36.0 Å². The zero-order valence-corrected chi connectivity index (χ0v) is 24.1. The summed E-state index contributed by atoms with van der Waals surface area (Å²) in [4.78, 5) is 57.4. The zero-order chi connectivity index (χ0) is 31.4. The maximum absolute atomic E-state index is 15.0. The molecule has 2 aromatic heterocycles. The second-order valence-electron chi connectivity index (χ2n) is 10.1. The van der Waals surface area contributed by atoms with E-state index >= 15 is 0 Å². The third-order valence-electron chi connectivity index (χ3n) is 7.09. The van der Waals surface area contributed by atoms with Crippen LogP contribution < -0.4 is 10.6 Å². The molecule has 228 valence electrons. The van der Waals surface area contributed by atoms with Crippen LogP contribution in [0.5, 0.6) is 0 Å². The van der Waals surface area contributed by atoms with Gasteiger partial charge >= 0.3 is 5.97 Å². The highest BCUT2D eigenvalue weighted by Crippen LogP contribution is 2.25. The average molecular weight is 624 g/mol. The van der Waals surface area contributed by atoms with E-state index in [1.807, 2.05) is 7.05 Å². The number of aromatic carboxylic acids is 1. The molecule has 1 unspecified atom stereocenters. The fourth-order valence-electron chi connectivity index (χ4n) is 4.69. The third kappa shape index (κ3) is 6.90. The summed E-state index contributed by atoms with van der Waals surface area (Å²) in [5, 5.41) is 25.7. The van der Waals surface area contributed by atoms with Gasteiger partial charge in [-0.3, -0.25) is 14.4 Å². The molecule has 0 spiro atoms. The molecule has 1 atom stereocenters. The first-order valence-electron chi connectivity index (χ1n) is 13.4. The largest absolute Gasteiger partial charge is 0.477 e. The number of amides is 3. The molecule has 5 rings (SSSR count). The number of rotatable bonds is 9. The number of tetrazole rings is 1. The fourth-order valence-corrected chi connectivity index (χ4v) is 4.85. The number of hydrogen-bond donors (Lipinski definition) is 4. The Morgan fingerprint density at radius 3 is 2.61 bits per heavy atom. The van der Waals surface area contributed by atoms with E-state index in [0.29, 0.717) is 42.8 Å². The van der Waals surface area contributed by atoms with Gasteiger partial charge in [-0.25, -0.2) is 9.18 Å². The number of benzene rings is 2. The van der Waals surface area contributed by atoms with Crippen LogP contribution in [0.3, 0.4) is 0 Å². The van der Waals surface area contributed by atoms with Gasteiger partial charge in [-0.1, -0.05) is 11.6 Å². The fraction of sp³-hybridized carbons (Fsp3) is 0.250. The lowest BCUT2D eigenvalue weighted by Crippen LogP contribution is -2.51. The van der Waals surface area contributed by atoms with Crippen LogP contribution >= 0.6 is 11.6 Å². The first kappa shape index (κ1) is 30.3. The minimum absolute atomic E-state index is 0.0162. The van der Waals surface area contributed by atoms with Crippen LogP contribution in [0.1, 0.15) is 22.5 Å². The number of aromatic amines is 1. The highest BCUT2D eigenvalue weighted by atomic mass is 35.5. The number of H-pyrrole nitrogens is 1. The van der Waals surface area contributed by atoms with Crippen molar-refractivity contribution in [2.24, 2.45) is 0 Å². The van der Waals surface area contributed by atoms with Crippen molar-refractivity contribution >= 4 is 58.0 Å². The van der Waals surface area contributed by atoms with Crippen molar-refractivity contribution in [3.8, 4) is 5.69 Å². The number of nitrogens with zero attached hydrogens (tertiary/aromatic N) is 6. The molecule has 2 aromatic carbocycles. The molecular formula is C28H27ClFN9O5. The van der Waals surface area contributed by atoms with Crippen molar-refractivity contribution in [1.29, 1.82) is 0 Å². The topological polar surface area (TPSA) is 178 Å². The average Bonchev–Trinajstić information content (AvgIpc) is 3.68. The molecule has 14 nitrogen and oxygen atoms in total. The van der Waals surface area contributed by atoms with Crippen molar-refractivity contribution in [3.63, 3.8) is 0 Å². The number of aromatic nitrogens is 5. The standard InChI is InChI=1S/C28H27ClFN9O5/c1-37-8-10-38(11-9-37)25(41)14-21(27(42)32-17-2-5-20-16(12-17)13-22(33-20)28(43)44)34-24(40)7-3-18-23(39-15-31-35-36-39)6-4-19(29)26(18)30/h2-7,12-13,15,21,33H,8-11,14H2,1H3,(H,32,42)(H,34,40)(H,43,44)/b7-3+. The van der Waals surface area contributed by atoms with Crippen LogP contribution in [0, 0.1) is 5.82 Å². The normalized spacial score (nSPS) is 14.6. The summed E-state index contributed by atoms with van der Waals surface area (Å²) in [5.74, 6) is -3.71. The number of piperazine rings is 1. The molecule has 1 aliphatic rings. The van der Waals surface area contributed by atoms with Gasteiger partial charge in [0, 0.05) is 54.4 Å². The second kappa shape index (κ2) is 13.0. The monoisotopic (exact) mass is 623 g/mol. The van der Waals surface area contributed by atoms with Crippen LogP contribution in [-0.4, -0.2) is 103 Å². The van der Waals surface area contributed by atoms with Crippen LogP contribution in [0.25, 0.3) is 22.7 Å². The summed E-state index contributed by atoms with van der Waals surface area (Å²) in [6.45, 7) is 2.28. The van der Waals surface area contributed by atoms with Crippen molar-refractivity contribution < 1.29 is 28.7 Å². The Morgan fingerprint density at radius 2 is 1.91 bits per heavy atom. The zero-order valence-electron chi connectivity index (χ0n) is 23.3. The quantitative estimate of drug-likeness (QED) is 0.203. The summed E-state index contributed by atoms with van der Waals surface area (Å²) in [6.07, 6.45) is 3.11. The molecule has 1 fully saturated rings. The SMILES string of the molecule is CN1CCN(C(=O)CC(NC(=O)/C=C/c2c(-n3cnnn3)ccc(Cl)c2F)C(=O)Nc2ccc3[nH]c(C(=O)O)cc3c2)CC1. The number of fused-ring (bicyclic) bond motifs is 1. The van der Waals surface area contributed by atoms with E-state index in [9.17, 15) is 28.7 Å². The molecule has 3 heterocycles. The van der Waals surface area contributed by atoms with Gasteiger partial charge in [0.1, 0.15) is 18.1 Å². The van der Waals surface area contributed by atoms with Crippen LogP contribution in [-0.2, 0) is 14.4 Å². The van der Waals surface area contributed by atoms with Gasteiger partial charge in [-0.2, -0.15) is 4.68 Å². The molecular weight excluding hydrogens is 597 g/mol.